The smallest absolute Gasteiger partial charge is 0.242 e. The number of carbonyl (C=O) groups excluding carboxylic acids is 2. The number of carbonyl (C=O) groups is 2. The molecule has 2 rings (SSSR count). The Morgan fingerprint density at radius 1 is 0.882 bits per heavy atom. The average Bonchev–Trinajstić information content (AvgIpc) is 3.31. The van der Waals surface area contributed by atoms with E-state index in [-0.39, 0.29) is 30.1 Å². The van der Waals surface area contributed by atoms with Gasteiger partial charge in [0.25, 0.3) is 0 Å². The van der Waals surface area contributed by atoms with E-state index in [2.05, 4.69) is 20.8 Å². The molecule has 188 valence electrons. The second-order valence-corrected chi connectivity index (χ2v) is 10.5. The Balaban J connectivity index is 1.98. The summed E-state index contributed by atoms with van der Waals surface area (Å²) in [6.45, 7) is 7.88. The van der Waals surface area contributed by atoms with Gasteiger partial charge in [-0.25, -0.2) is 4.39 Å². The monoisotopic (exact) mass is 488 g/mol. The molecule has 0 radical (unpaired) electrons. The van der Waals surface area contributed by atoms with E-state index in [9.17, 15) is 14.0 Å². The van der Waals surface area contributed by atoms with E-state index in [1.807, 2.05) is 17.5 Å². The molecular weight excluding hydrogens is 447 g/mol. The molecule has 0 bridgehead atoms. The van der Waals surface area contributed by atoms with Crippen molar-refractivity contribution in [2.24, 2.45) is 5.92 Å². The Labute approximate surface area is 209 Å². The van der Waals surface area contributed by atoms with Crippen molar-refractivity contribution in [2.45, 2.75) is 85.2 Å². The molecular formula is C28H41FN2O2S. The molecule has 1 heterocycles. The van der Waals surface area contributed by atoms with Crippen molar-refractivity contribution in [2.75, 3.05) is 13.1 Å². The second kappa shape index (κ2) is 15.6. The molecule has 2 amide bonds. The average molecular weight is 489 g/mol. The van der Waals surface area contributed by atoms with Crippen LogP contribution in [0.1, 0.15) is 82.6 Å². The van der Waals surface area contributed by atoms with Crippen molar-refractivity contribution in [3.05, 3.63) is 58.0 Å². The number of thiophene rings is 1. The third-order valence-electron chi connectivity index (χ3n) is 5.82. The molecule has 0 unspecified atom stereocenters. The predicted molar refractivity (Wildman–Crippen MR) is 139 cm³/mol. The van der Waals surface area contributed by atoms with Crippen molar-refractivity contribution < 1.29 is 14.0 Å². The van der Waals surface area contributed by atoms with Gasteiger partial charge in [0.1, 0.15) is 5.82 Å². The van der Waals surface area contributed by atoms with Crippen LogP contribution in [0.5, 0.6) is 0 Å². The van der Waals surface area contributed by atoms with E-state index in [1.54, 1.807) is 33.3 Å². The number of benzene rings is 1. The molecule has 0 fully saturated rings. The lowest BCUT2D eigenvalue weighted by atomic mass is 10.1. The quantitative estimate of drug-likeness (QED) is 0.238. The molecule has 0 aliphatic carbocycles. The van der Waals surface area contributed by atoms with E-state index in [0.717, 1.165) is 23.3 Å². The first-order valence-electron chi connectivity index (χ1n) is 12.7. The summed E-state index contributed by atoms with van der Waals surface area (Å²) in [5.74, 6) is -0.0210. The number of halogens is 1. The number of hydrogen-bond acceptors (Lipinski definition) is 3. The summed E-state index contributed by atoms with van der Waals surface area (Å²) in [5, 5.41) is 1.99. The first kappa shape index (κ1) is 28.0. The van der Waals surface area contributed by atoms with Gasteiger partial charge in [-0.15, -0.1) is 11.3 Å². The Kier molecular flexibility index (Phi) is 12.9. The standard InChI is InChI=1S/C28H41FN2O2S/c1-4-5-6-7-8-9-10-13-27(32)30(19-23(2)3)22-28(33)31(21-26-12-11-18-34-26)20-24-14-16-25(29)17-15-24/h11-12,14-18,23H,4-10,13,19-22H2,1-3H3. The summed E-state index contributed by atoms with van der Waals surface area (Å²) in [7, 11) is 0. The molecule has 1 aromatic heterocycles. The molecule has 0 aliphatic rings. The van der Waals surface area contributed by atoms with Crippen LogP contribution in [-0.4, -0.2) is 34.7 Å². The van der Waals surface area contributed by atoms with Gasteiger partial charge in [-0.3, -0.25) is 9.59 Å². The number of hydrogen-bond donors (Lipinski definition) is 0. The summed E-state index contributed by atoms with van der Waals surface area (Å²) in [4.78, 5) is 31.0. The van der Waals surface area contributed by atoms with Crippen LogP contribution in [0, 0.1) is 11.7 Å². The second-order valence-electron chi connectivity index (χ2n) is 9.50. The van der Waals surface area contributed by atoms with E-state index >= 15 is 0 Å². The van der Waals surface area contributed by atoms with Crippen LogP contribution in [0.2, 0.25) is 0 Å². The molecule has 34 heavy (non-hydrogen) atoms. The minimum absolute atomic E-state index is 0.0634. The molecule has 0 N–H and O–H groups in total. The van der Waals surface area contributed by atoms with E-state index < -0.39 is 0 Å². The van der Waals surface area contributed by atoms with Crippen LogP contribution < -0.4 is 0 Å². The summed E-state index contributed by atoms with van der Waals surface area (Å²) >= 11 is 1.60. The van der Waals surface area contributed by atoms with Crippen molar-refractivity contribution in [1.82, 2.24) is 9.80 Å². The van der Waals surface area contributed by atoms with Gasteiger partial charge in [-0.2, -0.15) is 0 Å². The van der Waals surface area contributed by atoms with E-state index in [0.29, 0.717) is 26.1 Å². The summed E-state index contributed by atoms with van der Waals surface area (Å²) < 4.78 is 13.4. The lowest BCUT2D eigenvalue weighted by Crippen LogP contribution is -2.43. The molecule has 6 heteroatoms. The normalized spacial score (nSPS) is 11.1. The van der Waals surface area contributed by atoms with Crippen molar-refractivity contribution in [3.8, 4) is 0 Å². The van der Waals surface area contributed by atoms with Gasteiger partial charge in [0.15, 0.2) is 0 Å². The SMILES string of the molecule is CCCCCCCCCC(=O)N(CC(=O)N(Cc1ccc(F)cc1)Cc1cccs1)CC(C)C. The number of rotatable bonds is 16. The maximum Gasteiger partial charge on any atom is 0.242 e. The van der Waals surface area contributed by atoms with Gasteiger partial charge in [0.05, 0.1) is 13.1 Å². The highest BCUT2D eigenvalue weighted by Crippen LogP contribution is 2.17. The predicted octanol–water partition coefficient (Wildman–Crippen LogP) is 7.04. The minimum atomic E-state index is -0.293. The van der Waals surface area contributed by atoms with Gasteiger partial charge in [0.2, 0.25) is 11.8 Å². The van der Waals surface area contributed by atoms with Crippen LogP contribution in [0.25, 0.3) is 0 Å². The van der Waals surface area contributed by atoms with Gasteiger partial charge >= 0.3 is 0 Å². The maximum atomic E-state index is 13.4. The molecule has 0 aliphatic heterocycles. The van der Waals surface area contributed by atoms with Crippen molar-refractivity contribution >= 4 is 23.2 Å². The molecule has 0 spiro atoms. The number of amides is 2. The van der Waals surface area contributed by atoms with Crippen LogP contribution in [-0.2, 0) is 22.7 Å². The van der Waals surface area contributed by atoms with Crippen LogP contribution in [0.4, 0.5) is 4.39 Å². The van der Waals surface area contributed by atoms with Crippen molar-refractivity contribution in [1.29, 1.82) is 0 Å². The molecule has 2 aromatic rings. The largest absolute Gasteiger partial charge is 0.333 e. The van der Waals surface area contributed by atoms with Gasteiger partial charge in [0, 0.05) is 24.4 Å². The first-order chi connectivity index (χ1) is 16.4. The van der Waals surface area contributed by atoms with Crippen LogP contribution in [0.3, 0.4) is 0 Å². The first-order valence-corrected chi connectivity index (χ1v) is 13.6. The maximum absolute atomic E-state index is 13.4. The topological polar surface area (TPSA) is 40.6 Å². The van der Waals surface area contributed by atoms with Gasteiger partial charge in [-0.05, 0) is 41.5 Å². The van der Waals surface area contributed by atoms with Gasteiger partial charge in [-0.1, -0.05) is 77.5 Å². The Morgan fingerprint density at radius 2 is 1.56 bits per heavy atom. The third kappa shape index (κ3) is 10.8. The highest BCUT2D eigenvalue weighted by Gasteiger charge is 2.22. The Bertz CT molecular complexity index is 837. The lowest BCUT2D eigenvalue weighted by Gasteiger charge is -2.29. The summed E-state index contributed by atoms with van der Waals surface area (Å²) in [5.41, 5.74) is 0.871. The summed E-state index contributed by atoms with van der Waals surface area (Å²) in [6, 6.07) is 10.2. The fraction of sp³-hybridized carbons (Fsp3) is 0.571. The zero-order valence-electron chi connectivity index (χ0n) is 21.1. The molecule has 0 saturated carbocycles. The highest BCUT2D eigenvalue weighted by atomic mass is 32.1. The third-order valence-corrected chi connectivity index (χ3v) is 6.69. The zero-order valence-corrected chi connectivity index (χ0v) is 21.9. The Morgan fingerprint density at radius 3 is 2.18 bits per heavy atom. The number of nitrogens with zero attached hydrogens (tertiary/aromatic N) is 2. The molecule has 1 aromatic carbocycles. The Hall–Kier alpha value is -2.21. The lowest BCUT2D eigenvalue weighted by molar-refractivity contribution is -0.141. The van der Waals surface area contributed by atoms with E-state index in [1.165, 1.54) is 44.2 Å². The van der Waals surface area contributed by atoms with Gasteiger partial charge < -0.3 is 9.80 Å². The molecule has 0 atom stereocenters. The van der Waals surface area contributed by atoms with E-state index in [4.69, 9.17) is 0 Å². The fourth-order valence-electron chi connectivity index (χ4n) is 3.98. The van der Waals surface area contributed by atoms with Crippen LogP contribution >= 0.6 is 11.3 Å². The van der Waals surface area contributed by atoms with Crippen molar-refractivity contribution in [3.63, 3.8) is 0 Å². The summed E-state index contributed by atoms with van der Waals surface area (Å²) in [6.07, 6.45) is 8.63. The molecule has 4 nitrogen and oxygen atoms in total. The number of unbranched alkanes of at least 4 members (excludes halogenated alkanes) is 6. The molecule has 0 saturated heterocycles. The minimum Gasteiger partial charge on any atom is -0.333 e. The van der Waals surface area contributed by atoms with Crippen LogP contribution in [0.15, 0.2) is 41.8 Å². The zero-order chi connectivity index (χ0) is 24.8. The fourth-order valence-corrected chi connectivity index (χ4v) is 4.70. The highest BCUT2D eigenvalue weighted by molar-refractivity contribution is 7.09.